The van der Waals surface area contributed by atoms with Crippen LogP contribution in [0.4, 0.5) is 11.4 Å². The molecule has 1 aliphatic rings. The SMILES string of the molecule is O=C(Nc1cc(Cl)c(O)c(Cl)c1)c1ccc(N2C(=O)CCC2=O)cc1. The molecule has 8 heteroatoms. The average Bonchev–Trinajstić information content (AvgIpc) is 2.91. The first-order valence-corrected chi connectivity index (χ1v) is 8.07. The topological polar surface area (TPSA) is 86.7 Å². The summed E-state index contributed by atoms with van der Waals surface area (Å²) in [6.07, 6.45) is 0.396. The van der Waals surface area contributed by atoms with Crippen LogP contribution in [-0.2, 0) is 9.59 Å². The van der Waals surface area contributed by atoms with Gasteiger partial charge in [0.2, 0.25) is 11.8 Å². The van der Waals surface area contributed by atoms with Gasteiger partial charge in [-0.05, 0) is 36.4 Å². The van der Waals surface area contributed by atoms with E-state index in [0.29, 0.717) is 16.9 Å². The highest BCUT2D eigenvalue weighted by Gasteiger charge is 2.30. The fraction of sp³-hybridized carbons (Fsp3) is 0.118. The normalized spacial score (nSPS) is 14.1. The van der Waals surface area contributed by atoms with Crippen LogP contribution in [0.3, 0.4) is 0 Å². The van der Waals surface area contributed by atoms with Crippen LogP contribution in [0.2, 0.25) is 10.0 Å². The molecular formula is C17H12Cl2N2O4. The van der Waals surface area contributed by atoms with Gasteiger partial charge in [0.05, 0.1) is 15.7 Å². The summed E-state index contributed by atoms with van der Waals surface area (Å²) in [4.78, 5) is 36.8. The summed E-state index contributed by atoms with van der Waals surface area (Å²) < 4.78 is 0. The molecule has 0 radical (unpaired) electrons. The number of anilines is 2. The maximum atomic E-state index is 12.3. The van der Waals surface area contributed by atoms with E-state index in [1.54, 1.807) is 0 Å². The van der Waals surface area contributed by atoms with Crippen molar-refractivity contribution in [1.82, 2.24) is 0 Å². The maximum absolute atomic E-state index is 12.3. The number of amides is 3. The van der Waals surface area contributed by atoms with E-state index in [9.17, 15) is 19.5 Å². The number of phenols is 1. The summed E-state index contributed by atoms with van der Waals surface area (Å²) in [6, 6.07) is 8.83. The molecule has 0 unspecified atom stereocenters. The van der Waals surface area contributed by atoms with Crippen molar-refractivity contribution in [3.8, 4) is 5.75 Å². The predicted molar refractivity (Wildman–Crippen MR) is 94.2 cm³/mol. The summed E-state index contributed by atoms with van der Waals surface area (Å²) in [5.74, 6) is -1.19. The van der Waals surface area contributed by atoms with Gasteiger partial charge < -0.3 is 10.4 Å². The Kier molecular flexibility index (Phi) is 4.65. The highest BCUT2D eigenvalue weighted by molar-refractivity contribution is 6.37. The van der Waals surface area contributed by atoms with Crippen molar-refractivity contribution >= 4 is 52.3 Å². The molecule has 1 saturated heterocycles. The third kappa shape index (κ3) is 3.45. The van der Waals surface area contributed by atoms with Crippen molar-refractivity contribution in [2.45, 2.75) is 12.8 Å². The standard InChI is InChI=1S/C17H12Cl2N2O4/c18-12-7-10(8-13(19)16(12)24)20-17(25)9-1-3-11(4-2-9)21-14(22)5-6-15(21)23/h1-4,7-8,24H,5-6H2,(H,20,25). The number of nitrogens with one attached hydrogen (secondary N) is 1. The predicted octanol–water partition coefficient (Wildman–Crippen LogP) is 3.60. The molecule has 3 amide bonds. The molecular weight excluding hydrogens is 367 g/mol. The van der Waals surface area contributed by atoms with E-state index in [1.807, 2.05) is 0 Å². The number of benzene rings is 2. The minimum Gasteiger partial charge on any atom is -0.505 e. The van der Waals surface area contributed by atoms with Gasteiger partial charge in [0.25, 0.3) is 5.91 Å². The van der Waals surface area contributed by atoms with E-state index in [0.717, 1.165) is 4.90 Å². The van der Waals surface area contributed by atoms with Gasteiger partial charge in [-0.1, -0.05) is 23.2 Å². The fourth-order valence-electron chi connectivity index (χ4n) is 2.47. The molecule has 1 heterocycles. The number of carbonyl (C=O) groups is 3. The van der Waals surface area contributed by atoms with E-state index in [4.69, 9.17) is 23.2 Å². The molecule has 2 aromatic rings. The quantitative estimate of drug-likeness (QED) is 0.630. The van der Waals surface area contributed by atoms with Gasteiger partial charge in [0.1, 0.15) is 0 Å². The van der Waals surface area contributed by atoms with E-state index in [1.165, 1.54) is 36.4 Å². The molecule has 0 saturated carbocycles. The van der Waals surface area contributed by atoms with Gasteiger partial charge in [0.15, 0.2) is 5.75 Å². The first-order valence-electron chi connectivity index (χ1n) is 7.32. The first-order chi connectivity index (χ1) is 11.9. The van der Waals surface area contributed by atoms with Gasteiger partial charge >= 0.3 is 0 Å². The monoisotopic (exact) mass is 378 g/mol. The minimum atomic E-state index is -0.427. The second-order valence-electron chi connectivity index (χ2n) is 5.41. The third-order valence-corrected chi connectivity index (χ3v) is 4.29. The van der Waals surface area contributed by atoms with Gasteiger partial charge in [-0.25, -0.2) is 0 Å². The Hall–Kier alpha value is -2.57. The van der Waals surface area contributed by atoms with Crippen LogP contribution in [0.5, 0.6) is 5.75 Å². The van der Waals surface area contributed by atoms with Crippen molar-refractivity contribution in [3.63, 3.8) is 0 Å². The van der Waals surface area contributed by atoms with Crippen LogP contribution >= 0.6 is 23.2 Å². The van der Waals surface area contributed by atoms with Crippen molar-refractivity contribution in [2.75, 3.05) is 10.2 Å². The Balaban J connectivity index is 1.77. The van der Waals surface area contributed by atoms with Crippen LogP contribution in [0.15, 0.2) is 36.4 Å². The summed E-state index contributed by atoms with van der Waals surface area (Å²) in [5.41, 5.74) is 1.08. The van der Waals surface area contributed by atoms with Crippen LogP contribution in [0.25, 0.3) is 0 Å². The van der Waals surface area contributed by atoms with Crippen LogP contribution in [0, 0.1) is 0 Å². The molecule has 2 N–H and O–H groups in total. The lowest BCUT2D eigenvalue weighted by molar-refractivity contribution is -0.121. The number of hydrogen-bond acceptors (Lipinski definition) is 4. The molecule has 25 heavy (non-hydrogen) atoms. The largest absolute Gasteiger partial charge is 0.505 e. The maximum Gasteiger partial charge on any atom is 0.255 e. The molecule has 128 valence electrons. The Morgan fingerprint density at radius 1 is 1.00 bits per heavy atom. The Morgan fingerprint density at radius 3 is 2.04 bits per heavy atom. The number of hydrogen-bond donors (Lipinski definition) is 2. The van der Waals surface area contributed by atoms with Crippen LogP contribution in [0.1, 0.15) is 23.2 Å². The smallest absolute Gasteiger partial charge is 0.255 e. The first kappa shape index (κ1) is 17.3. The molecule has 6 nitrogen and oxygen atoms in total. The Morgan fingerprint density at radius 2 is 1.52 bits per heavy atom. The highest BCUT2D eigenvalue weighted by atomic mass is 35.5. The van der Waals surface area contributed by atoms with Crippen molar-refractivity contribution < 1.29 is 19.5 Å². The molecule has 0 aromatic heterocycles. The van der Waals surface area contributed by atoms with E-state index >= 15 is 0 Å². The highest BCUT2D eigenvalue weighted by Crippen LogP contribution is 2.34. The van der Waals surface area contributed by atoms with Gasteiger partial charge in [0, 0.05) is 24.1 Å². The number of halogens is 2. The summed E-state index contributed by atoms with van der Waals surface area (Å²) in [5, 5.41) is 12.2. The molecule has 1 fully saturated rings. The molecule has 0 atom stereocenters. The zero-order chi connectivity index (χ0) is 18.1. The minimum absolute atomic E-state index is 0.0178. The second-order valence-corrected chi connectivity index (χ2v) is 6.23. The number of imide groups is 1. The Bertz CT molecular complexity index is 842. The molecule has 0 aliphatic carbocycles. The van der Waals surface area contributed by atoms with Gasteiger partial charge in [-0.15, -0.1) is 0 Å². The number of phenolic OH excluding ortho intramolecular Hbond substituents is 1. The Labute approximate surface area is 153 Å². The second kappa shape index (κ2) is 6.74. The molecule has 0 spiro atoms. The van der Waals surface area contributed by atoms with Crippen molar-refractivity contribution in [2.24, 2.45) is 0 Å². The zero-order valence-electron chi connectivity index (χ0n) is 12.8. The lowest BCUT2D eigenvalue weighted by Crippen LogP contribution is -2.28. The van der Waals surface area contributed by atoms with E-state index in [-0.39, 0.29) is 40.5 Å². The van der Waals surface area contributed by atoms with E-state index in [2.05, 4.69) is 5.32 Å². The van der Waals surface area contributed by atoms with Crippen LogP contribution < -0.4 is 10.2 Å². The average molecular weight is 379 g/mol. The molecule has 2 aromatic carbocycles. The third-order valence-electron chi connectivity index (χ3n) is 3.71. The van der Waals surface area contributed by atoms with Gasteiger partial charge in [-0.2, -0.15) is 0 Å². The van der Waals surface area contributed by atoms with Crippen molar-refractivity contribution in [3.05, 3.63) is 52.0 Å². The molecule has 1 aliphatic heterocycles. The number of carbonyl (C=O) groups excluding carboxylic acids is 3. The summed E-state index contributed by atoms with van der Waals surface area (Å²) in [7, 11) is 0. The summed E-state index contributed by atoms with van der Waals surface area (Å²) >= 11 is 11.6. The molecule has 3 rings (SSSR count). The van der Waals surface area contributed by atoms with Crippen LogP contribution in [-0.4, -0.2) is 22.8 Å². The zero-order valence-corrected chi connectivity index (χ0v) is 14.3. The number of rotatable bonds is 3. The van der Waals surface area contributed by atoms with Gasteiger partial charge in [-0.3, -0.25) is 19.3 Å². The summed E-state index contributed by atoms with van der Waals surface area (Å²) in [6.45, 7) is 0. The number of aromatic hydroxyl groups is 1. The van der Waals surface area contributed by atoms with E-state index < -0.39 is 5.91 Å². The lowest BCUT2D eigenvalue weighted by Gasteiger charge is -2.14. The lowest BCUT2D eigenvalue weighted by atomic mass is 10.1. The van der Waals surface area contributed by atoms with Crippen molar-refractivity contribution in [1.29, 1.82) is 0 Å². The number of nitrogens with zero attached hydrogens (tertiary/aromatic N) is 1. The fourth-order valence-corrected chi connectivity index (χ4v) is 2.95. The molecule has 0 bridgehead atoms.